The molecular weight excluding hydrogens is 354 g/mol. The molecule has 0 aliphatic heterocycles. The van der Waals surface area contributed by atoms with E-state index in [0.29, 0.717) is 0 Å². The van der Waals surface area contributed by atoms with Crippen molar-refractivity contribution in [3.05, 3.63) is 45.2 Å². The number of benzene rings is 1. The molecule has 2 fully saturated rings. The second-order valence-electron chi connectivity index (χ2n) is 7.58. The summed E-state index contributed by atoms with van der Waals surface area (Å²) in [4.78, 5) is 23.8. The average Bonchev–Trinajstić information content (AvgIpc) is 3.48. The van der Waals surface area contributed by atoms with Crippen LogP contribution in [0.15, 0.2) is 17.1 Å². The maximum Gasteiger partial charge on any atom is 0.341 e. The Labute approximate surface area is 155 Å². The standard InChI is InChI=1S/C20H22F2N2O3/c21-16-8-13-18(17(22)14(16)9-23-11-4-2-1-3-5-11)24(12-6-7-12)10-15(19(13)25)20(26)27/h8,10-12,23H,1-7,9H2,(H,26,27). The molecule has 1 aromatic heterocycles. The molecule has 1 aromatic carbocycles. The van der Waals surface area contributed by atoms with E-state index in [2.05, 4.69) is 5.32 Å². The first-order valence-electron chi connectivity index (χ1n) is 9.49. The topological polar surface area (TPSA) is 71.3 Å². The molecule has 27 heavy (non-hydrogen) atoms. The van der Waals surface area contributed by atoms with Gasteiger partial charge in [-0.25, -0.2) is 13.6 Å². The van der Waals surface area contributed by atoms with Crippen molar-refractivity contribution in [1.29, 1.82) is 0 Å². The van der Waals surface area contributed by atoms with E-state index in [1.54, 1.807) is 0 Å². The number of fused-ring (bicyclic) bond motifs is 1. The van der Waals surface area contributed by atoms with Gasteiger partial charge in [0.25, 0.3) is 0 Å². The summed E-state index contributed by atoms with van der Waals surface area (Å²) >= 11 is 0. The van der Waals surface area contributed by atoms with Crippen LogP contribution in [0.1, 0.15) is 66.9 Å². The van der Waals surface area contributed by atoms with Crippen molar-refractivity contribution < 1.29 is 18.7 Å². The van der Waals surface area contributed by atoms with Crippen molar-refractivity contribution in [3.8, 4) is 0 Å². The molecule has 0 amide bonds. The van der Waals surface area contributed by atoms with Gasteiger partial charge in [0.05, 0.1) is 10.9 Å². The summed E-state index contributed by atoms with van der Waals surface area (Å²) < 4.78 is 31.4. The zero-order chi connectivity index (χ0) is 19.1. The van der Waals surface area contributed by atoms with Gasteiger partial charge in [-0.1, -0.05) is 19.3 Å². The van der Waals surface area contributed by atoms with Crippen LogP contribution in [0.5, 0.6) is 0 Å². The van der Waals surface area contributed by atoms with E-state index >= 15 is 4.39 Å². The fraction of sp³-hybridized carbons (Fsp3) is 0.500. The second kappa shape index (κ2) is 7.03. The van der Waals surface area contributed by atoms with Gasteiger partial charge in [0.2, 0.25) is 5.43 Å². The van der Waals surface area contributed by atoms with Gasteiger partial charge in [0.1, 0.15) is 11.4 Å². The van der Waals surface area contributed by atoms with Gasteiger partial charge in [-0.2, -0.15) is 0 Å². The van der Waals surface area contributed by atoms with Crippen LogP contribution in [0, 0.1) is 11.6 Å². The Hall–Kier alpha value is -2.28. The zero-order valence-electron chi connectivity index (χ0n) is 14.9. The largest absolute Gasteiger partial charge is 0.477 e. The van der Waals surface area contributed by atoms with Crippen LogP contribution in [0.2, 0.25) is 0 Å². The smallest absolute Gasteiger partial charge is 0.341 e. The number of rotatable bonds is 5. The molecule has 7 heteroatoms. The maximum absolute atomic E-state index is 15.3. The molecule has 2 aromatic rings. The maximum atomic E-state index is 15.3. The Kier molecular flexibility index (Phi) is 4.72. The third-order valence-electron chi connectivity index (χ3n) is 5.65. The van der Waals surface area contributed by atoms with Crippen molar-refractivity contribution in [1.82, 2.24) is 9.88 Å². The van der Waals surface area contributed by atoms with Crippen LogP contribution in [-0.4, -0.2) is 21.7 Å². The summed E-state index contributed by atoms with van der Waals surface area (Å²) in [5, 5.41) is 12.3. The number of nitrogens with zero attached hydrogens (tertiary/aromatic N) is 1. The Morgan fingerprint density at radius 3 is 2.52 bits per heavy atom. The third kappa shape index (κ3) is 3.36. The summed E-state index contributed by atoms with van der Waals surface area (Å²) in [6.45, 7) is 0.0534. The molecular formula is C20H22F2N2O3. The number of carboxylic acids is 1. The van der Waals surface area contributed by atoms with E-state index in [0.717, 1.165) is 44.6 Å². The molecule has 0 radical (unpaired) electrons. The predicted molar refractivity (Wildman–Crippen MR) is 97.1 cm³/mol. The van der Waals surface area contributed by atoms with E-state index in [1.165, 1.54) is 17.2 Å². The first kappa shape index (κ1) is 18.1. The minimum absolute atomic E-state index is 0.00865. The van der Waals surface area contributed by atoms with E-state index in [4.69, 9.17) is 0 Å². The van der Waals surface area contributed by atoms with Crippen molar-refractivity contribution in [2.75, 3.05) is 0 Å². The molecule has 2 N–H and O–H groups in total. The lowest BCUT2D eigenvalue weighted by Gasteiger charge is -2.23. The molecule has 4 rings (SSSR count). The summed E-state index contributed by atoms with van der Waals surface area (Å²) in [7, 11) is 0. The molecule has 0 spiro atoms. The molecule has 2 saturated carbocycles. The molecule has 0 saturated heterocycles. The molecule has 5 nitrogen and oxygen atoms in total. The van der Waals surface area contributed by atoms with Crippen LogP contribution < -0.4 is 10.7 Å². The highest BCUT2D eigenvalue weighted by molar-refractivity contribution is 5.93. The summed E-state index contributed by atoms with van der Waals surface area (Å²) in [5.41, 5.74) is -1.39. The van der Waals surface area contributed by atoms with Crippen molar-refractivity contribution >= 4 is 16.9 Å². The number of carboxylic acid groups (broad SMARTS) is 1. The summed E-state index contributed by atoms with van der Waals surface area (Å²) in [6, 6.07) is 1.18. The van der Waals surface area contributed by atoms with Crippen LogP contribution in [-0.2, 0) is 6.54 Å². The Morgan fingerprint density at radius 2 is 1.89 bits per heavy atom. The fourth-order valence-electron chi connectivity index (χ4n) is 3.99. The molecule has 2 aliphatic rings. The Morgan fingerprint density at radius 1 is 1.19 bits per heavy atom. The van der Waals surface area contributed by atoms with E-state index in [1.807, 2.05) is 0 Å². The number of carbonyl (C=O) groups is 1. The van der Waals surface area contributed by atoms with Crippen LogP contribution in [0.3, 0.4) is 0 Å². The van der Waals surface area contributed by atoms with Gasteiger partial charge in [0, 0.05) is 30.4 Å². The minimum Gasteiger partial charge on any atom is -0.477 e. The summed E-state index contributed by atoms with van der Waals surface area (Å²) in [6.07, 6.45) is 8.16. The Balaban J connectivity index is 1.80. The molecule has 144 valence electrons. The highest BCUT2D eigenvalue weighted by Crippen LogP contribution is 2.38. The molecule has 2 aliphatic carbocycles. The monoisotopic (exact) mass is 376 g/mol. The predicted octanol–water partition coefficient (Wildman–Crippen LogP) is 3.74. The quantitative estimate of drug-likeness (QED) is 0.834. The van der Waals surface area contributed by atoms with E-state index in [-0.39, 0.29) is 35.1 Å². The van der Waals surface area contributed by atoms with Gasteiger partial charge in [-0.15, -0.1) is 0 Å². The fourth-order valence-corrected chi connectivity index (χ4v) is 3.99. The normalized spacial score (nSPS) is 18.1. The first-order chi connectivity index (χ1) is 13.0. The number of aromatic carboxylic acids is 1. The van der Waals surface area contributed by atoms with Crippen LogP contribution >= 0.6 is 0 Å². The SMILES string of the molecule is O=C(O)c1cn(C2CC2)c2c(F)c(CNC3CCCCC3)c(F)cc2c1=O. The van der Waals surface area contributed by atoms with Crippen LogP contribution in [0.25, 0.3) is 10.9 Å². The minimum atomic E-state index is -1.39. The van der Waals surface area contributed by atoms with Crippen LogP contribution in [0.4, 0.5) is 8.78 Å². The van der Waals surface area contributed by atoms with Crippen molar-refractivity contribution in [2.24, 2.45) is 0 Å². The molecule has 0 atom stereocenters. The van der Waals surface area contributed by atoms with Gasteiger partial charge < -0.3 is 15.0 Å². The second-order valence-corrected chi connectivity index (χ2v) is 7.58. The number of halogens is 2. The van der Waals surface area contributed by atoms with Gasteiger partial charge in [0.15, 0.2) is 5.82 Å². The Bertz CT molecular complexity index is 960. The third-order valence-corrected chi connectivity index (χ3v) is 5.65. The zero-order valence-corrected chi connectivity index (χ0v) is 14.9. The van der Waals surface area contributed by atoms with E-state index in [9.17, 15) is 19.1 Å². The summed E-state index contributed by atoms with van der Waals surface area (Å²) in [5.74, 6) is -2.97. The number of hydrogen-bond donors (Lipinski definition) is 2. The number of hydrogen-bond acceptors (Lipinski definition) is 3. The van der Waals surface area contributed by atoms with Gasteiger partial charge >= 0.3 is 5.97 Å². The molecule has 1 heterocycles. The average molecular weight is 376 g/mol. The van der Waals surface area contributed by atoms with Crippen molar-refractivity contribution in [3.63, 3.8) is 0 Å². The number of nitrogens with one attached hydrogen (secondary N) is 1. The van der Waals surface area contributed by atoms with Crippen molar-refractivity contribution in [2.45, 2.75) is 63.6 Å². The molecule has 0 unspecified atom stereocenters. The van der Waals surface area contributed by atoms with Gasteiger partial charge in [-0.05, 0) is 31.7 Å². The highest BCUT2D eigenvalue weighted by atomic mass is 19.1. The van der Waals surface area contributed by atoms with E-state index < -0.39 is 28.6 Å². The first-order valence-corrected chi connectivity index (χ1v) is 9.49. The lowest BCUT2D eigenvalue weighted by molar-refractivity contribution is 0.0695. The number of pyridine rings is 1. The highest BCUT2D eigenvalue weighted by Gasteiger charge is 2.29. The lowest BCUT2D eigenvalue weighted by Crippen LogP contribution is -2.31. The van der Waals surface area contributed by atoms with Gasteiger partial charge in [-0.3, -0.25) is 4.79 Å². The molecule has 0 bridgehead atoms. The number of aromatic nitrogens is 1. The lowest BCUT2D eigenvalue weighted by atomic mass is 9.95.